The van der Waals surface area contributed by atoms with Gasteiger partial charge in [-0.3, -0.25) is 0 Å². The second-order valence-electron chi connectivity index (χ2n) is 2.10. The zero-order chi connectivity index (χ0) is 10.1. The van der Waals surface area contributed by atoms with Crippen LogP contribution in [0, 0.1) is 23.0 Å². The second kappa shape index (κ2) is 7.26. The van der Waals surface area contributed by atoms with Crippen molar-refractivity contribution in [1.82, 2.24) is 5.32 Å². The van der Waals surface area contributed by atoms with Crippen LogP contribution < -0.4 is 5.32 Å². The zero-order valence-corrected chi connectivity index (χ0v) is 7.93. The molecule has 0 rings (SSSR count). The number of hydrogen-bond acceptors (Lipinski definition) is 6. The number of nitriles is 2. The molecule has 0 saturated heterocycles. The molecule has 0 unspecified atom stereocenters. The molecule has 0 radical (unpaired) electrons. The summed E-state index contributed by atoms with van der Waals surface area (Å²) >= 11 is 1.55. The Labute approximate surface area is 80.7 Å². The smallest absolute Gasteiger partial charge is 0.344 e. The fraction of sp³-hybridized carbons (Fsp3) is 0.571. The topological polar surface area (TPSA) is 85.9 Å². The average molecular weight is 199 g/mol. The van der Waals surface area contributed by atoms with Crippen LogP contribution in [0.25, 0.3) is 0 Å². The number of thioether (sulfide) groups is 1. The molecule has 0 bridgehead atoms. The Balaban J connectivity index is 4.01. The van der Waals surface area contributed by atoms with Crippen molar-refractivity contribution in [2.75, 3.05) is 12.0 Å². The molecule has 0 aliphatic carbocycles. The van der Waals surface area contributed by atoms with Crippen LogP contribution in [-0.2, 0) is 9.53 Å². The highest BCUT2D eigenvalue weighted by Crippen LogP contribution is 2.01. The summed E-state index contributed by atoms with van der Waals surface area (Å²) in [5.41, 5.74) is 0. The molecule has 1 atom stereocenters. The van der Waals surface area contributed by atoms with Crippen molar-refractivity contribution in [3.8, 4) is 12.4 Å². The first-order valence-electron chi connectivity index (χ1n) is 3.49. The Bertz CT molecular complexity index is 243. The van der Waals surface area contributed by atoms with Crippen LogP contribution in [0.3, 0.4) is 0 Å². The van der Waals surface area contributed by atoms with E-state index in [2.05, 4.69) is 10.1 Å². The Hall–Kier alpha value is -1.40. The minimum atomic E-state index is -0.711. The van der Waals surface area contributed by atoms with Gasteiger partial charge in [-0.1, -0.05) is 0 Å². The van der Waals surface area contributed by atoms with Crippen molar-refractivity contribution in [2.45, 2.75) is 12.5 Å². The minimum Gasteiger partial charge on any atom is -0.349 e. The fourth-order valence-corrected chi connectivity index (χ4v) is 1.15. The van der Waals surface area contributed by atoms with Gasteiger partial charge in [-0.2, -0.15) is 17.0 Å². The van der Waals surface area contributed by atoms with Gasteiger partial charge < -0.3 is 10.1 Å². The monoisotopic (exact) mass is 199 g/mol. The molecule has 0 heterocycles. The number of esters is 1. The highest BCUT2D eigenvalue weighted by molar-refractivity contribution is 7.98. The van der Waals surface area contributed by atoms with Crippen molar-refractivity contribution < 1.29 is 9.53 Å². The van der Waals surface area contributed by atoms with Crippen LogP contribution in [0.1, 0.15) is 6.42 Å². The Kier molecular flexibility index (Phi) is 6.48. The van der Waals surface area contributed by atoms with Crippen LogP contribution in [0.5, 0.6) is 0 Å². The van der Waals surface area contributed by atoms with Gasteiger partial charge in [-0.25, -0.2) is 4.79 Å². The second-order valence-corrected chi connectivity index (χ2v) is 3.09. The van der Waals surface area contributed by atoms with Gasteiger partial charge in [0.15, 0.2) is 6.19 Å². The summed E-state index contributed by atoms with van der Waals surface area (Å²) in [6.07, 6.45) is 5.28. The third-order valence-electron chi connectivity index (χ3n) is 1.28. The van der Waals surface area contributed by atoms with Gasteiger partial charge in [0.25, 0.3) is 6.26 Å². The number of nitrogens with zero attached hydrogens (tertiary/aromatic N) is 2. The number of ether oxygens (including phenoxy) is 1. The molecule has 70 valence electrons. The molecule has 0 aromatic carbocycles. The molecule has 0 aliphatic rings. The maximum atomic E-state index is 11.0. The van der Waals surface area contributed by atoms with Crippen LogP contribution >= 0.6 is 11.8 Å². The van der Waals surface area contributed by atoms with E-state index in [0.717, 1.165) is 5.75 Å². The molecular formula is C7H9N3O2S. The third-order valence-corrected chi connectivity index (χ3v) is 1.92. The maximum Gasteiger partial charge on any atom is 0.344 e. The normalized spacial score (nSPS) is 10.7. The molecule has 0 aromatic rings. The lowest BCUT2D eigenvalue weighted by Crippen LogP contribution is -2.34. The van der Waals surface area contributed by atoms with Crippen molar-refractivity contribution in [2.24, 2.45) is 0 Å². The summed E-state index contributed by atoms with van der Waals surface area (Å²) in [6, 6.07) is -0.711. The maximum absolute atomic E-state index is 11.0. The summed E-state index contributed by atoms with van der Waals surface area (Å²) in [7, 11) is 0. The lowest BCUT2D eigenvalue weighted by molar-refractivity contribution is -0.139. The van der Waals surface area contributed by atoms with Gasteiger partial charge in [0.05, 0.1) is 0 Å². The van der Waals surface area contributed by atoms with E-state index in [1.165, 1.54) is 6.26 Å². The van der Waals surface area contributed by atoms with Crippen LogP contribution in [0.2, 0.25) is 0 Å². The zero-order valence-electron chi connectivity index (χ0n) is 7.11. The van der Waals surface area contributed by atoms with Crippen LogP contribution in [0.15, 0.2) is 0 Å². The predicted octanol–water partition coefficient (Wildman–Crippen LogP) is 0.203. The highest BCUT2D eigenvalue weighted by atomic mass is 32.2. The summed E-state index contributed by atoms with van der Waals surface area (Å²) < 4.78 is 4.10. The molecule has 0 fully saturated rings. The number of carbonyl (C=O) groups is 1. The molecule has 5 nitrogen and oxygen atoms in total. The van der Waals surface area contributed by atoms with Crippen LogP contribution in [0.4, 0.5) is 0 Å². The van der Waals surface area contributed by atoms with E-state index in [9.17, 15) is 4.79 Å². The minimum absolute atomic E-state index is 0.468. The molecule has 6 heteroatoms. The summed E-state index contributed by atoms with van der Waals surface area (Å²) in [6.45, 7) is 0. The standard InChI is InChI=1S/C7H9N3O2S/c1-13-3-2-6(10-4-8)7(11)12-5-9/h6,10H,2-3H2,1H3/t6-/m0/s1. The van der Waals surface area contributed by atoms with E-state index in [0.29, 0.717) is 6.42 Å². The first kappa shape index (κ1) is 11.6. The molecule has 0 aliphatic heterocycles. The number of nitrogens with one attached hydrogen (secondary N) is 1. The number of hydrogen-bond donors (Lipinski definition) is 1. The number of rotatable bonds is 5. The third kappa shape index (κ3) is 4.94. The molecular weight excluding hydrogens is 190 g/mol. The van der Waals surface area contributed by atoms with Crippen LogP contribution in [-0.4, -0.2) is 24.0 Å². The summed E-state index contributed by atoms with van der Waals surface area (Å²) in [5, 5.41) is 18.6. The molecule has 0 aromatic heterocycles. The van der Waals surface area contributed by atoms with Crippen molar-refractivity contribution >= 4 is 17.7 Å². The molecule has 1 N–H and O–H groups in total. The Morgan fingerprint density at radius 2 is 2.38 bits per heavy atom. The predicted molar refractivity (Wildman–Crippen MR) is 47.2 cm³/mol. The van der Waals surface area contributed by atoms with E-state index in [1.807, 2.05) is 6.26 Å². The highest BCUT2D eigenvalue weighted by Gasteiger charge is 2.18. The first-order valence-corrected chi connectivity index (χ1v) is 4.89. The van der Waals surface area contributed by atoms with Gasteiger partial charge in [-0.05, 0) is 18.4 Å². The molecule has 13 heavy (non-hydrogen) atoms. The van der Waals surface area contributed by atoms with E-state index < -0.39 is 12.0 Å². The van der Waals surface area contributed by atoms with E-state index >= 15 is 0 Å². The van der Waals surface area contributed by atoms with Crippen molar-refractivity contribution in [3.05, 3.63) is 0 Å². The molecule has 0 spiro atoms. The van der Waals surface area contributed by atoms with E-state index in [4.69, 9.17) is 10.5 Å². The molecule has 0 amide bonds. The fourth-order valence-electron chi connectivity index (χ4n) is 0.679. The van der Waals surface area contributed by atoms with Gasteiger partial charge >= 0.3 is 5.97 Å². The lowest BCUT2D eigenvalue weighted by Gasteiger charge is -2.09. The van der Waals surface area contributed by atoms with Crippen molar-refractivity contribution in [1.29, 1.82) is 10.5 Å². The van der Waals surface area contributed by atoms with Gasteiger partial charge in [0.1, 0.15) is 6.04 Å². The van der Waals surface area contributed by atoms with E-state index in [-0.39, 0.29) is 0 Å². The van der Waals surface area contributed by atoms with Gasteiger partial charge in [0, 0.05) is 0 Å². The average Bonchev–Trinajstić information content (AvgIpc) is 2.12. The largest absolute Gasteiger partial charge is 0.349 e. The quantitative estimate of drug-likeness (QED) is 0.387. The Morgan fingerprint density at radius 3 is 2.85 bits per heavy atom. The van der Waals surface area contributed by atoms with Gasteiger partial charge in [-0.15, -0.1) is 5.26 Å². The Morgan fingerprint density at radius 1 is 1.69 bits per heavy atom. The van der Waals surface area contributed by atoms with E-state index in [1.54, 1.807) is 18.0 Å². The lowest BCUT2D eigenvalue weighted by atomic mass is 10.2. The van der Waals surface area contributed by atoms with Gasteiger partial charge in [0.2, 0.25) is 0 Å². The number of carbonyl (C=O) groups excluding carboxylic acids is 1. The van der Waals surface area contributed by atoms with Crippen molar-refractivity contribution in [3.63, 3.8) is 0 Å². The summed E-state index contributed by atoms with van der Waals surface area (Å²) in [4.78, 5) is 11.0. The molecule has 0 saturated carbocycles. The first-order chi connectivity index (χ1) is 6.26. The SMILES string of the molecule is CSCC[C@H](NC#N)C(=O)OC#N. The summed E-state index contributed by atoms with van der Waals surface area (Å²) in [5.74, 6) is 0.0120.